The molecule has 340 valence electrons. The molecule has 15 N–H and O–H groups in total. The molecule has 6 amide bonds. The molecule has 0 saturated carbocycles. The number of H-pyrrole nitrogens is 1. The highest BCUT2D eigenvalue weighted by Crippen LogP contribution is 2.20. The van der Waals surface area contributed by atoms with Crippen molar-refractivity contribution < 1.29 is 48.9 Å². The van der Waals surface area contributed by atoms with Crippen molar-refractivity contribution in [1.29, 1.82) is 0 Å². The fourth-order valence-corrected chi connectivity index (χ4v) is 6.86. The van der Waals surface area contributed by atoms with Crippen LogP contribution in [0.3, 0.4) is 0 Å². The minimum absolute atomic E-state index is 0.0603. The van der Waals surface area contributed by atoms with Crippen molar-refractivity contribution in [1.82, 2.24) is 41.5 Å². The van der Waals surface area contributed by atoms with Crippen molar-refractivity contribution in [2.45, 2.75) is 94.2 Å². The number of carbonyl (C=O) groups excluding carboxylic acids is 6. The van der Waals surface area contributed by atoms with Gasteiger partial charge in [-0.15, -0.1) is 0 Å². The Hall–Kier alpha value is -7.07. The first kappa shape index (κ1) is 48.6. The van der Waals surface area contributed by atoms with Crippen LogP contribution in [-0.2, 0) is 52.8 Å². The smallest absolute Gasteiger partial charge is 0.322 e. The first-order chi connectivity index (χ1) is 30.0. The highest BCUT2D eigenvalue weighted by Gasteiger charge is 2.40. The van der Waals surface area contributed by atoms with E-state index in [0.29, 0.717) is 17.7 Å². The lowest BCUT2D eigenvalue weighted by molar-refractivity contribution is -0.145. The fourth-order valence-electron chi connectivity index (χ4n) is 6.86. The molecule has 1 aliphatic rings. The zero-order valence-electron chi connectivity index (χ0n) is 34.7. The van der Waals surface area contributed by atoms with E-state index in [9.17, 15) is 43.8 Å². The van der Waals surface area contributed by atoms with Crippen LogP contribution < -0.4 is 43.8 Å². The SMILES string of the molecule is CC(O)C(NC(=O)C(Cc1ccc(O)cc1)NC(=O)C(CCCN=C(N)N)NC(=O)C(Cc1cnc[nH]1)NC(=O)C(N)Cc1ccccc1)C(=O)N1CCCC1C(=O)NCC(=O)O. The van der Waals surface area contributed by atoms with Gasteiger partial charge in [0.05, 0.1) is 18.5 Å². The highest BCUT2D eigenvalue weighted by molar-refractivity contribution is 5.97. The number of aromatic hydroxyl groups is 1. The summed E-state index contributed by atoms with van der Waals surface area (Å²) in [7, 11) is 0. The number of aromatic nitrogens is 2. The van der Waals surface area contributed by atoms with Crippen LogP contribution in [0.25, 0.3) is 0 Å². The van der Waals surface area contributed by atoms with E-state index in [1.54, 1.807) is 24.3 Å². The first-order valence-corrected chi connectivity index (χ1v) is 20.3. The molecular weight excluding hydrogens is 821 g/mol. The second-order valence-corrected chi connectivity index (χ2v) is 15.1. The summed E-state index contributed by atoms with van der Waals surface area (Å²) in [4.78, 5) is 106. The number of carboxylic acids is 1. The van der Waals surface area contributed by atoms with Crippen LogP contribution in [0.4, 0.5) is 0 Å². The molecule has 1 saturated heterocycles. The largest absolute Gasteiger partial charge is 0.508 e. The number of carboxylic acid groups (broad SMARTS) is 1. The van der Waals surface area contributed by atoms with Gasteiger partial charge in [0.2, 0.25) is 35.4 Å². The van der Waals surface area contributed by atoms with E-state index in [4.69, 9.17) is 22.3 Å². The van der Waals surface area contributed by atoms with E-state index in [0.717, 1.165) is 10.5 Å². The molecule has 2 heterocycles. The lowest BCUT2D eigenvalue weighted by atomic mass is 10.0. The Morgan fingerprint density at radius 1 is 0.857 bits per heavy atom. The molecule has 0 bridgehead atoms. The summed E-state index contributed by atoms with van der Waals surface area (Å²) in [6, 6.07) is 6.98. The van der Waals surface area contributed by atoms with Crippen LogP contribution in [0, 0.1) is 0 Å². The van der Waals surface area contributed by atoms with Crippen LogP contribution in [0.15, 0.2) is 72.1 Å². The Morgan fingerprint density at radius 2 is 1.48 bits per heavy atom. The van der Waals surface area contributed by atoms with Crippen LogP contribution >= 0.6 is 0 Å². The molecule has 1 fully saturated rings. The van der Waals surface area contributed by atoms with E-state index >= 15 is 0 Å². The predicted octanol–water partition coefficient (Wildman–Crippen LogP) is -2.96. The van der Waals surface area contributed by atoms with Crippen LogP contribution in [-0.4, -0.2) is 140 Å². The number of likely N-dealkylation sites (tertiary alicyclic amines) is 1. The summed E-state index contributed by atoms with van der Waals surface area (Å²) in [5.41, 5.74) is 19.0. The lowest BCUT2D eigenvalue weighted by Gasteiger charge is -2.31. The topological polar surface area (TPSA) is 363 Å². The van der Waals surface area contributed by atoms with E-state index in [2.05, 4.69) is 41.5 Å². The maximum absolute atomic E-state index is 14.3. The van der Waals surface area contributed by atoms with E-state index < -0.39 is 90.3 Å². The monoisotopic (exact) mass is 876 g/mol. The number of phenolic OH excluding ortho intramolecular Hbond substituents is 1. The minimum Gasteiger partial charge on any atom is -0.508 e. The van der Waals surface area contributed by atoms with Crippen LogP contribution in [0.2, 0.25) is 0 Å². The Bertz CT molecular complexity index is 2050. The maximum atomic E-state index is 14.3. The van der Waals surface area contributed by atoms with E-state index in [-0.39, 0.29) is 63.3 Å². The predicted molar refractivity (Wildman–Crippen MR) is 227 cm³/mol. The number of aromatic amines is 1. The normalized spacial score (nSPS) is 16.2. The van der Waals surface area contributed by atoms with E-state index in [1.807, 2.05) is 6.07 Å². The van der Waals surface area contributed by atoms with Gasteiger partial charge in [-0.05, 0) is 62.3 Å². The number of phenols is 1. The van der Waals surface area contributed by atoms with Crippen molar-refractivity contribution in [3.8, 4) is 5.75 Å². The minimum atomic E-state index is -1.61. The van der Waals surface area contributed by atoms with Gasteiger partial charge in [0.1, 0.15) is 42.5 Å². The average molecular weight is 877 g/mol. The highest BCUT2D eigenvalue weighted by atomic mass is 16.4. The second-order valence-electron chi connectivity index (χ2n) is 15.1. The van der Waals surface area contributed by atoms with Crippen molar-refractivity contribution in [2.24, 2.45) is 22.2 Å². The number of nitrogens with two attached hydrogens (primary N) is 3. The number of aliphatic hydroxyl groups excluding tert-OH is 1. The summed E-state index contributed by atoms with van der Waals surface area (Å²) in [5, 5.41) is 42.4. The summed E-state index contributed by atoms with van der Waals surface area (Å²) in [6.07, 6.45) is 1.97. The van der Waals surface area contributed by atoms with Gasteiger partial charge in [-0.25, -0.2) is 4.98 Å². The number of aliphatic carboxylic acids is 1. The summed E-state index contributed by atoms with van der Waals surface area (Å²) >= 11 is 0. The maximum Gasteiger partial charge on any atom is 0.322 e. The van der Waals surface area contributed by atoms with Crippen molar-refractivity contribution in [2.75, 3.05) is 19.6 Å². The number of nitrogens with zero attached hydrogens (tertiary/aromatic N) is 3. The molecule has 22 nitrogen and oxygen atoms in total. The average Bonchev–Trinajstić information content (AvgIpc) is 3.96. The number of hydrogen-bond donors (Lipinski definition) is 12. The summed E-state index contributed by atoms with van der Waals surface area (Å²) in [5.74, 6) is -6.30. The Labute approximate surface area is 362 Å². The van der Waals surface area contributed by atoms with Gasteiger partial charge in [-0.3, -0.25) is 38.6 Å². The molecule has 0 radical (unpaired) electrons. The van der Waals surface area contributed by atoms with Gasteiger partial charge in [-0.2, -0.15) is 0 Å². The van der Waals surface area contributed by atoms with Crippen LogP contribution in [0.1, 0.15) is 49.4 Å². The third-order valence-corrected chi connectivity index (χ3v) is 10.1. The van der Waals surface area contributed by atoms with Gasteiger partial charge < -0.3 is 69.0 Å². The third kappa shape index (κ3) is 15.4. The molecule has 7 atom stereocenters. The molecule has 1 aliphatic heterocycles. The van der Waals surface area contributed by atoms with Crippen molar-refractivity contribution >= 4 is 47.4 Å². The lowest BCUT2D eigenvalue weighted by Crippen LogP contribution is -2.61. The number of rotatable bonds is 23. The van der Waals surface area contributed by atoms with Gasteiger partial charge in [0.25, 0.3) is 0 Å². The van der Waals surface area contributed by atoms with Gasteiger partial charge >= 0.3 is 5.97 Å². The van der Waals surface area contributed by atoms with Gasteiger partial charge in [0, 0.05) is 37.8 Å². The number of aliphatic hydroxyl groups is 1. The molecule has 1 aromatic heterocycles. The standard InChI is InChI=1S/C41H56N12O10/c1-23(54)34(40(63)53-16-6-10-32(53)39(62)47-21-33(56)57)52-38(61)30(18-25-11-13-27(55)14-12-25)51-36(59)29(9-5-15-46-41(43)44)49-37(60)31(19-26-20-45-22-48-26)50-35(58)28(42)17-24-7-3-2-4-8-24/h2-4,7-8,11-14,20,22-23,28-32,34,54-55H,5-6,9-10,15-19,21,42H2,1H3,(H,45,48)(H,47,62)(H,49,60)(H,50,58)(H,51,59)(H,52,61)(H,56,57)(H4,43,44,46). The first-order valence-electron chi connectivity index (χ1n) is 20.3. The molecule has 22 heteroatoms. The van der Waals surface area contributed by atoms with Crippen LogP contribution in [0.5, 0.6) is 5.75 Å². The molecule has 3 aromatic rings. The molecule has 4 rings (SSSR count). The zero-order chi connectivity index (χ0) is 46.1. The van der Waals surface area contributed by atoms with Gasteiger partial charge in [0.15, 0.2) is 5.96 Å². The third-order valence-electron chi connectivity index (χ3n) is 10.1. The number of nitrogens with one attached hydrogen (secondary N) is 6. The van der Waals surface area contributed by atoms with Crippen molar-refractivity contribution in [3.05, 3.63) is 83.9 Å². The van der Waals surface area contributed by atoms with Gasteiger partial charge in [-0.1, -0.05) is 42.5 Å². The molecule has 0 spiro atoms. The molecular formula is C41H56N12O10. The quantitative estimate of drug-likeness (QED) is 0.0257. The number of imidazole rings is 1. The number of carbonyl (C=O) groups is 7. The molecule has 2 aromatic carbocycles. The van der Waals surface area contributed by atoms with E-state index in [1.165, 1.54) is 43.7 Å². The molecule has 0 aliphatic carbocycles. The van der Waals surface area contributed by atoms with Crippen molar-refractivity contribution in [3.63, 3.8) is 0 Å². The number of amides is 6. The molecule has 63 heavy (non-hydrogen) atoms. The number of guanidine groups is 1. The second kappa shape index (κ2) is 23.8. The Morgan fingerprint density at radius 3 is 2.11 bits per heavy atom. The Balaban J connectivity index is 1.59. The molecule has 7 unspecified atom stereocenters. The Kier molecular flexibility index (Phi) is 18.4. The zero-order valence-corrected chi connectivity index (χ0v) is 34.7. The number of hydrogen-bond acceptors (Lipinski definition) is 12. The summed E-state index contributed by atoms with van der Waals surface area (Å²) < 4.78 is 0. The summed E-state index contributed by atoms with van der Waals surface area (Å²) in [6.45, 7) is 0.719. The number of aliphatic imine (C=N–C) groups is 1. The number of benzene rings is 2. The fraction of sp³-hybridized carbons (Fsp3) is 0.439.